The number of nitrogens with zero attached hydrogens (tertiary/aromatic N) is 1. The Hall–Kier alpha value is -0.930. The summed E-state index contributed by atoms with van der Waals surface area (Å²) in [7, 11) is 1.66. The van der Waals surface area contributed by atoms with Crippen LogP contribution in [0, 0.1) is 0 Å². The molecule has 0 radical (unpaired) electrons. The summed E-state index contributed by atoms with van der Waals surface area (Å²) in [6, 6.07) is 7.66. The highest BCUT2D eigenvalue weighted by atomic mass is 35.5. The molecule has 0 atom stereocenters. The van der Waals surface area contributed by atoms with Gasteiger partial charge in [0.25, 0.3) is 0 Å². The van der Waals surface area contributed by atoms with Gasteiger partial charge in [0.15, 0.2) is 0 Å². The van der Waals surface area contributed by atoms with Crippen molar-refractivity contribution in [3.8, 4) is 11.5 Å². The van der Waals surface area contributed by atoms with Crippen molar-refractivity contribution in [2.45, 2.75) is 13.3 Å². The Bertz CT molecular complexity index is 316. The van der Waals surface area contributed by atoms with Crippen LogP contribution in [-0.2, 0) is 0 Å². The minimum atomic E-state index is 0.697. The highest BCUT2D eigenvalue weighted by Crippen LogP contribution is 2.16. The molecule has 0 heterocycles. The first-order valence-corrected chi connectivity index (χ1v) is 6.88. The van der Waals surface area contributed by atoms with E-state index < -0.39 is 0 Å². The summed E-state index contributed by atoms with van der Waals surface area (Å²) in [5.41, 5.74) is 0. The van der Waals surface area contributed by atoms with E-state index in [-0.39, 0.29) is 0 Å². The van der Waals surface area contributed by atoms with E-state index in [4.69, 9.17) is 21.1 Å². The fourth-order valence-corrected chi connectivity index (χ4v) is 1.80. The summed E-state index contributed by atoms with van der Waals surface area (Å²) < 4.78 is 10.8. The quantitative estimate of drug-likeness (QED) is 0.645. The lowest BCUT2D eigenvalue weighted by Gasteiger charge is -2.19. The molecule has 0 saturated carbocycles. The van der Waals surface area contributed by atoms with Gasteiger partial charge in [-0.2, -0.15) is 0 Å². The highest BCUT2D eigenvalue weighted by Gasteiger charge is 2.02. The topological polar surface area (TPSA) is 21.7 Å². The van der Waals surface area contributed by atoms with Gasteiger partial charge >= 0.3 is 0 Å². The Morgan fingerprint density at radius 1 is 1.11 bits per heavy atom. The van der Waals surface area contributed by atoms with Crippen LogP contribution in [-0.4, -0.2) is 44.1 Å². The van der Waals surface area contributed by atoms with E-state index in [9.17, 15) is 0 Å². The number of halogens is 1. The van der Waals surface area contributed by atoms with Crippen LogP contribution < -0.4 is 9.47 Å². The van der Waals surface area contributed by atoms with Crippen LogP contribution in [0.3, 0.4) is 0 Å². The average Bonchev–Trinajstić information content (AvgIpc) is 2.43. The second-order valence-electron chi connectivity index (χ2n) is 4.00. The van der Waals surface area contributed by atoms with Gasteiger partial charge in [-0.05, 0) is 43.8 Å². The largest absolute Gasteiger partial charge is 0.497 e. The van der Waals surface area contributed by atoms with Crippen molar-refractivity contribution in [3.63, 3.8) is 0 Å². The van der Waals surface area contributed by atoms with E-state index in [1.165, 1.54) is 0 Å². The molecule has 0 aromatic heterocycles. The lowest BCUT2D eigenvalue weighted by Crippen LogP contribution is -2.29. The first-order valence-electron chi connectivity index (χ1n) is 6.35. The maximum absolute atomic E-state index is 5.69. The van der Waals surface area contributed by atoms with E-state index in [1.54, 1.807) is 7.11 Å². The lowest BCUT2D eigenvalue weighted by molar-refractivity contribution is 0.216. The first kappa shape index (κ1) is 15.1. The molecule has 102 valence electrons. The third kappa shape index (κ3) is 5.61. The molecule has 0 saturated heterocycles. The zero-order chi connectivity index (χ0) is 13.2. The molecule has 1 aromatic carbocycles. The molecule has 18 heavy (non-hydrogen) atoms. The summed E-state index contributed by atoms with van der Waals surface area (Å²) in [6.07, 6.45) is 1.03. The maximum atomic E-state index is 5.69. The van der Waals surface area contributed by atoms with Crippen LogP contribution in [0.4, 0.5) is 0 Å². The molecule has 1 rings (SSSR count). The Kier molecular flexibility index (Phi) is 7.62. The fraction of sp³-hybridized carbons (Fsp3) is 0.571. The van der Waals surface area contributed by atoms with Crippen molar-refractivity contribution in [3.05, 3.63) is 24.3 Å². The van der Waals surface area contributed by atoms with Crippen molar-refractivity contribution in [1.82, 2.24) is 4.90 Å². The molecule has 0 N–H and O–H groups in total. The molecule has 0 aliphatic rings. The molecule has 0 aliphatic heterocycles. The zero-order valence-corrected chi connectivity index (χ0v) is 11.9. The third-order valence-electron chi connectivity index (χ3n) is 2.79. The summed E-state index contributed by atoms with van der Waals surface area (Å²) in [5, 5.41) is 0. The van der Waals surface area contributed by atoms with Gasteiger partial charge in [-0.25, -0.2) is 0 Å². The molecule has 1 aromatic rings. The van der Waals surface area contributed by atoms with Gasteiger partial charge in [0.05, 0.1) is 7.11 Å². The maximum Gasteiger partial charge on any atom is 0.119 e. The summed E-state index contributed by atoms with van der Waals surface area (Å²) in [5.74, 6) is 2.44. The molecule has 0 fully saturated rings. The second-order valence-corrected chi connectivity index (χ2v) is 4.38. The number of hydrogen-bond donors (Lipinski definition) is 0. The van der Waals surface area contributed by atoms with Crippen molar-refractivity contribution in [1.29, 1.82) is 0 Å². The smallest absolute Gasteiger partial charge is 0.119 e. The number of rotatable bonds is 9. The Labute approximate surface area is 115 Å². The van der Waals surface area contributed by atoms with E-state index in [0.717, 1.165) is 43.4 Å². The van der Waals surface area contributed by atoms with Crippen LogP contribution in [0.15, 0.2) is 24.3 Å². The number of likely N-dealkylation sites (N-methyl/N-ethyl adjacent to an activating group) is 1. The van der Waals surface area contributed by atoms with Crippen LogP contribution in [0.1, 0.15) is 13.3 Å². The molecule has 0 amide bonds. The minimum absolute atomic E-state index is 0.697. The Morgan fingerprint density at radius 2 is 1.78 bits per heavy atom. The Morgan fingerprint density at radius 3 is 2.33 bits per heavy atom. The molecule has 0 unspecified atom stereocenters. The number of hydrogen-bond acceptors (Lipinski definition) is 3. The summed E-state index contributed by atoms with van der Waals surface area (Å²) in [4.78, 5) is 2.34. The normalized spacial score (nSPS) is 10.7. The lowest BCUT2D eigenvalue weighted by atomic mass is 10.3. The number of methoxy groups -OCH3 is 1. The van der Waals surface area contributed by atoms with Crippen LogP contribution in [0.5, 0.6) is 11.5 Å². The van der Waals surface area contributed by atoms with Gasteiger partial charge in [-0.3, -0.25) is 0 Å². The van der Waals surface area contributed by atoms with Crippen LogP contribution in [0.2, 0.25) is 0 Å². The van der Waals surface area contributed by atoms with Gasteiger partial charge in [-0.1, -0.05) is 6.92 Å². The summed E-state index contributed by atoms with van der Waals surface area (Å²) in [6.45, 7) is 5.85. The molecule has 0 spiro atoms. The number of benzene rings is 1. The highest BCUT2D eigenvalue weighted by molar-refractivity contribution is 6.17. The fourth-order valence-electron chi connectivity index (χ4n) is 1.68. The third-order valence-corrected chi connectivity index (χ3v) is 3.06. The Balaban J connectivity index is 2.26. The van der Waals surface area contributed by atoms with Crippen LogP contribution >= 0.6 is 11.6 Å². The van der Waals surface area contributed by atoms with Crippen molar-refractivity contribution in [2.75, 3.05) is 39.2 Å². The number of ether oxygens (including phenoxy) is 2. The average molecular weight is 272 g/mol. The summed E-state index contributed by atoms with van der Waals surface area (Å²) >= 11 is 5.69. The van der Waals surface area contributed by atoms with Gasteiger partial charge in [-0.15, -0.1) is 11.6 Å². The van der Waals surface area contributed by atoms with E-state index in [1.807, 2.05) is 24.3 Å². The molecule has 0 bridgehead atoms. The van der Waals surface area contributed by atoms with Crippen LogP contribution in [0.25, 0.3) is 0 Å². The molecule has 0 aliphatic carbocycles. The predicted molar refractivity (Wildman–Crippen MR) is 75.9 cm³/mol. The molecule has 3 nitrogen and oxygen atoms in total. The molecular formula is C14H22ClNO2. The van der Waals surface area contributed by atoms with E-state index in [2.05, 4.69) is 11.8 Å². The second kappa shape index (κ2) is 9.06. The van der Waals surface area contributed by atoms with Gasteiger partial charge in [0.2, 0.25) is 0 Å². The van der Waals surface area contributed by atoms with Crippen molar-refractivity contribution >= 4 is 11.6 Å². The first-order chi connectivity index (χ1) is 8.80. The van der Waals surface area contributed by atoms with Gasteiger partial charge in [0.1, 0.15) is 18.1 Å². The standard InChI is InChI=1S/C14H22ClNO2/c1-3-16(10-4-9-15)11-12-18-14-7-5-13(17-2)6-8-14/h5-8H,3-4,9-12H2,1-2H3. The molecular weight excluding hydrogens is 250 g/mol. The van der Waals surface area contributed by atoms with Gasteiger partial charge < -0.3 is 14.4 Å². The number of alkyl halides is 1. The minimum Gasteiger partial charge on any atom is -0.497 e. The SMILES string of the molecule is CCN(CCCCl)CCOc1ccc(OC)cc1. The van der Waals surface area contributed by atoms with Crippen molar-refractivity contribution in [2.24, 2.45) is 0 Å². The van der Waals surface area contributed by atoms with E-state index in [0.29, 0.717) is 6.61 Å². The van der Waals surface area contributed by atoms with E-state index >= 15 is 0 Å². The zero-order valence-electron chi connectivity index (χ0n) is 11.2. The van der Waals surface area contributed by atoms with Gasteiger partial charge in [0, 0.05) is 12.4 Å². The van der Waals surface area contributed by atoms with Crippen molar-refractivity contribution < 1.29 is 9.47 Å². The monoisotopic (exact) mass is 271 g/mol. The molecule has 4 heteroatoms. The predicted octanol–water partition coefficient (Wildman–Crippen LogP) is 3.02.